The van der Waals surface area contributed by atoms with Crippen LogP contribution in [0.15, 0.2) is 12.3 Å². The lowest BCUT2D eigenvalue weighted by Gasteiger charge is -2.46. The second-order valence-corrected chi connectivity index (χ2v) is 8.35. The Kier molecular flexibility index (Phi) is 5.43. The van der Waals surface area contributed by atoms with Crippen molar-refractivity contribution in [3.8, 4) is 0 Å². The van der Waals surface area contributed by atoms with Gasteiger partial charge in [-0.1, -0.05) is 12.8 Å². The average Bonchev–Trinajstić information content (AvgIpc) is 2.64. The van der Waals surface area contributed by atoms with E-state index in [-0.39, 0.29) is 18.3 Å². The zero-order chi connectivity index (χ0) is 18.1. The van der Waals surface area contributed by atoms with Gasteiger partial charge in [-0.3, -0.25) is 4.90 Å². The lowest BCUT2D eigenvalue weighted by Crippen LogP contribution is -2.52. The molecule has 5 atom stereocenters. The maximum absolute atomic E-state index is 10.4. The summed E-state index contributed by atoms with van der Waals surface area (Å²) >= 11 is 0. The molecule has 6 heteroatoms. The zero-order valence-corrected chi connectivity index (χ0v) is 16.0. The molecule has 3 heterocycles. The summed E-state index contributed by atoms with van der Waals surface area (Å²) in [6, 6.07) is 2.55. The van der Waals surface area contributed by atoms with Gasteiger partial charge in [0.05, 0.1) is 24.0 Å². The summed E-state index contributed by atoms with van der Waals surface area (Å²) in [4.78, 5) is 14.2. The number of aliphatic hydroxyl groups excluding tert-OH is 1. The molecule has 1 saturated carbocycles. The third-order valence-electron chi connectivity index (χ3n) is 6.22. The third-order valence-corrected chi connectivity index (χ3v) is 6.22. The molecule has 0 aromatic carbocycles. The molecule has 0 spiro atoms. The molecule has 1 aromatic rings. The molecule has 0 amide bonds. The van der Waals surface area contributed by atoms with E-state index in [4.69, 9.17) is 9.72 Å². The zero-order valence-electron chi connectivity index (χ0n) is 16.0. The van der Waals surface area contributed by atoms with Crippen LogP contribution in [-0.2, 0) is 11.3 Å². The van der Waals surface area contributed by atoms with Crippen LogP contribution in [0.1, 0.15) is 51.6 Å². The fourth-order valence-corrected chi connectivity index (χ4v) is 5.09. The summed E-state index contributed by atoms with van der Waals surface area (Å²) in [5, 5.41) is 10.4. The van der Waals surface area contributed by atoms with Crippen LogP contribution < -0.4 is 4.90 Å². The standard InChI is InChI=1S/C20H32N4O2/c1-14-11-24(12-15(2)26-14)20-21-9-7-16(22-20)13-23-10-8-19(25)17-5-3-4-6-18(17)23/h7,9,14-15,17-19,25H,3-6,8,10-13H2,1-2H3/t14-,15-,17-,18-,19-/m0/s1. The number of hydrogen-bond donors (Lipinski definition) is 1. The van der Waals surface area contributed by atoms with E-state index in [0.717, 1.165) is 44.2 Å². The number of rotatable bonds is 3. The molecule has 0 radical (unpaired) electrons. The Morgan fingerprint density at radius 3 is 2.73 bits per heavy atom. The van der Waals surface area contributed by atoms with Crippen molar-refractivity contribution in [2.24, 2.45) is 5.92 Å². The number of morpholine rings is 1. The molecule has 0 unspecified atom stereocenters. The van der Waals surface area contributed by atoms with Crippen LogP contribution in [0.25, 0.3) is 0 Å². The maximum Gasteiger partial charge on any atom is 0.225 e. The van der Waals surface area contributed by atoms with E-state index >= 15 is 0 Å². The molecule has 3 aliphatic rings. The van der Waals surface area contributed by atoms with E-state index in [1.165, 1.54) is 25.7 Å². The van der Waals surface area contributed by atoms with Crippen LogP contribution in [0.3, 0.4) is 0 Å². The summed E-state index contributed by atoms with van der Waals surface area (Å²) in [6.45, 7) is 7.72. The summed E-state index contributed by atoms with van der Waals surface area (Å²) in [6.07, 6.45) is 7.99. The SMILES string of the molecule is C[C@H]1CN(c2nccc(CN3CC[C@H](O)[C@H]4CCCC[C@@H]43)n2)C[C@H](C)O1. The lowest BCUT2D eigenvalue weighted by atomic mass is 9.76. The Labute approximate surface area is 156 Å². The highest BCUT2D eigenvalue weighted by Crippen LogP contribution is 2.36. The van der Waals surface area contributed by atoms with Gasteiger partial charge in [-0.25, -0.2) is 9.97 Å². The number of ether oxygens (including phenoxy) is 1. The van der Waals surface area contributed by atoms with Crippen LogP contribution in [0.2, 0.25) is 0 Å². The van der Waals surface area contributed by atoms with Crippen LogP contribution in [0, 0.1) is 5.92 Å². The molecule has 2 saturated heterocycles. The van der Waals surface area contributed by atoms with Crippen molar-refractivity contribution in [3.05, 3.63) is 18.0 Å². The quantitative estimate of drug-likeness (QED) is 0.892. The van der Waals surface area contributed by atoms with Gasteiger partial charge in [0.15, 0.2) is 0 Å². The summed E-state index contributed by atoms with van der Waals surface area (Å²) < 4.78 is 5.83. The largest absolute Gasteiger partial charge is 0.393 e. The highest BCUT2D eigenvalue weighted by molar-refractivity contribution is 5.31. The molecule has 1 aromatic heterocycles. The number of aliphatic hydroxyl groups is 1. The van der Waals surface area contributed by atoms with Crippen LogP contribution >= 0.6 is 0 Å². The van der Waals surface area contributed by atoms with Crippen molar-refractivity contribution in [3.63, 3.8) is 0 Å². The number of hydrogen-bond acceptors (Lipinski definition) is 6. The normalized spacial score (nSPS) is 36.0. The molecular formula is C20H32N4O2. The minimum Gasteiger partial charge on any atom is -0.393 e. The first-order valence-corrected chi connectivity index (χ1v) is 10.2. The van der Waals surface area contributed by atoms with Gasteiger partial charge >= 0.3 is 0 Å². The summed E-state index contributed by atoms with van der Waals surface area (Å²) in [5.74, 6) is 1.27. The predicted octanol–water partition coefficient (Wildman–Crippen LogP) is 2.22. The van der Waals surface area contributed by atoms with Gasteiger partial charge in [0.2, 0.25) is 5.95 Å². The van der Waals surface area contributed by atoms with E-state index in [2.05, 4.69) is 28.6 Å². The van der Waals surface area contributed by atoms with Crippen molar-refractivity contribution in [1.82, 2.24) is 14.9 Å². The van der Waals surface area contributed by atoms with Crippen LogP contribution in [0.4, 0.5) is 5.95 Å². The molecule has 0 bridgehead atoms. The fraction of sp³-hybridized carbons (Fsp3) is 0.800. The minimum absolute atomic E-state index is 0.117. The van der Waals surface area contributed by atoms with Gasteiger partial charge in [-0.15, -0.1) is 0 Å². The first-order chi connectivity index (χ1) is 12.6. The monoisotopic (exact) mass is 360 g/mol. The second-order valence-electron chi connectivity index (χ2n) is 8.35. The maximum atomic E-state index is 10.4. The Morgan fingerprint density at radius 1 is 1.15 bits per heavy atom. The van der Waals surface area contributed by atoms with E-state index in [9.17, 15) is 5.11 Å². The molecule has 4 rings (SSSR count). The van der Waals surface area contributed by atoms with Crippen molar-refractivity contribution in [2.45, 2.75) is 76.9 Å². The van der Waals surface area contributed by atoms with Gasteiger partial charge in [0.1, 0.15) is 0 Å². The lowest BCUT2D eigenvalue weighted by molar-refractivity contribution is -0.0398. The molecule has 1 aliphatic carbocycles. The molecule has 6 nitrogen and oxygen atoms in total. The van der Waals surface area contributed by atoms with E-state index in [1.54, 1.807) is 0 Å². The first kappa shape index (κ1) is 18.1. The topological polar surface area (TPSA) is 61.7 Å². The fourth-order valence-electron chi connectivity index (χ4n) is 5.09. The van der Waals surface area contributed by atoms with Gasteiger partial charge < -0.3 is 14.7 Å². The minimum atomic E-state index is -0.117. The summed E-state index contributed by atoms with van der Waals surface area (Å²) in [5.41, 5.74) is 1.09. The number of fused-ring (bicyclic) bond motifs is 1. The highest BCUT2D eigenvalue weighted by atomic mass is 16.5. The van der Waals surface area contributed by atoms with E-state index < -0.39 is 0 Å². The Hall–Kier alpha value is -1.24. The number of anilines is 1. The van der Waals surface area contributed by atoms with E-state index in [1.807, 2.05) is 12.3 Å². The molecular weight excluding hydrogens is 328 g/mol. The van der Waals surface area contributed by atoms with Gasteiger partial charge in [0, 0.05) is 44.3 Å². The number of likely N-dealkylation sites (tertiary alicyclic amines) is 1. The van der Waals surface area contributed by atoms with Crippen molar-refractivity contribution in [1.29, 1.82) is 0 Å². The molecule has 2 aliphatic heterocycles. The Bertz CT molecular complexity index is 603. The van der Waals surface area contributed by atoms with Crippen LogP contribution in [-0.4, -0.2) is 64.0 Å². The molecule has 26 heavy (non-hydrogen) atoms. The average molecular weight is 361 g/mol. The van der Waals surface area contributed by atoms with Crippen molar-refractivity contribution >= 4 is 5.95 Å². The number of nitrogens with zero attached hydrogens (tertiary/aromatic N) is 4. The Balaban J connectivity index is 1.47. The summed E-state index contributed by atoms with van der Waals surface area (Å²) in [7, 11) is 0. The molecule has 144 valence electrons. The van der Waals surface area contributed by atoms with E-state index in [0.29, 0.717) is 12.0 Å². The van der Waals surface area contributed by atoms with Gasteiger partial charge in [-0.2, -0.15) is 0 Å². The Morgan fingerprint density at radius 2 is 1.92 bits per heavy atom. The molecule has 3 fully saturated rings. The second kappa shape index (κ2) is 7.79. The van der Waals surface area contributed by atoms with Crippen molar-refractivity contribution in [2.75, 3.05) is 24.5 Å². The smallest absolute Gasteiger partial charge is 0.225 e. The highest BCUT2D eigenvalue weighted by Gasteiger charge is 2.38. The third kappa shape index (κ3) is 3.87. The molecule has 1 N–H and O–H groups in total. The van der Waals surface area contributed by atoms with Crippen molar-refractivity contribution < 1.29 is 9.84 Å². The number of piperidine rings is 1. The van der Waals surface area contributed by atoms with Gasteiger partial charge in [0.25, 0.3) is 0 Å². The van der Waals surface area contributed by atoms with Crippen LogP contribution in [0.5, 0.6) is 0 Å². The number of aromatic nitrogens is 2. The van der Waals surface area contributed by atoms with Gasteiger partial charge in [-0.05, 0) is 39.2 Å². The predicted molar refractivity (Wildman–Crippen MR) is 101 cm³/mol. The first-order valence-electron chi connectivity index (χ1n) is 10.2.